The van der Waals surface area contributed by atoms with Crippen molar-refractivity contribution in [1.82, 2.24) is 0 Å². The number of benzene rings is 4. The zero-order valence-corrected chi connectivity index (χ0v) is 26.6. The summed E-state index contributed by atoms with van der Waals surface area (Å²) in [4.78, 5) is 36.9. The van der Waals surface area contributed by atoms with Gasteiger partial charge in [0.15, 0.2) is 0 Å². The first-order chi connectivity index (χ1) is 20.7. The highest BCUT2D eigenvalue weighted by Crippen LogP contribution is 2.74. The second-order valence-corrected chi connectivity index (χ2v) is 13.1. The summed E-state index contributed by atoms with van der Waals surface area (Å²) in [5.41, 5.74) is 8.19. The highest BCUT2D eigenvalue weighted by atomic mass is 35.5. The predicted octanol–water partition coefficient (Wildman–Crippen LogP) is 8.42. The molecule has 4 N–H and O–H groups in total. The number of amides is 2. The molecule has 1 fully saturated rings. The molecule has 1 aliphatic rings. The van der Waals surface area contributed by atoms with Gasteiger partial charge in [0.25, 0.3) is 11.6 Å². The van der Waals surface area contributed by atoms with E-state index in [2.05, 4.69) is 10.6 Å². The number of non-ortho nitro benzene ring substituents is 1. The van der Waals surface area contributed by atoms with Crippen molar-refractivity contribution in [3.8, 4) is 0 Å². The van der Waals surface area contributed by atoms with Gasteiger partial charge in [0.1, 0.15) is 9.75 Å². The molecule has 5 rings (SSSR count). The van der Waals surface area contributed by atoms with Crippen molar-refractivity contribution in [2.24, 2.45) is 5.73 Å². The van der Waals surface area contributed by atoms with Crippen LogP contribution in [0, 0.1) is 17.0 Å². The van der Waals surface area contributed by atoms with Crippen LogP contribution >= 0.6 is 58.0 Å². The third-order valence-corrected chi connectivity index (χ3v) is 9.43. The van der Waals surface area contributed by atoms with Crippen molar-refractivity contribution >= 4 is 86.9 Å². The van der Waals surface area contributed by atoms with Crippen LogP contribution in [0.3, 0.4) is 0 Å². The van der Waals surface area contributed by atoms with Gasteiger partial charge in [-0.15, -0.1) is 0 Å². The van der Waals surface area contributed by atoms with Crippen molar-refractivity contribution in [3.05, 3.63) is 132 Å². The minimum absolute atomic E-state index is 0.0210. The molecule has 0 aromatic heterocycles. The van der Waals surface area contributed by atoms with Crippen molar-refractivity contribution in [2.45, 2.75) is 29.1 Å². The number of nitrogens with one attached hydrogen (secondary N) is 2. The molecule has 0 saturated heterocycles. The van der Waals surface area contributed by atoms with Crippen LogP contribution in [0.15, 0.2) is 78.9 Å². The summed E-state index contributed by atoms with van der Waals surface area (Å²) >= 11 is 32.3. The SMILES string of the molecule is Cc1cc(NCc2ccc([N+](=O)[O-])cc2)ccc1NC(=O)c1cc(C2(C(N)=O)C(c3cc(Cl)cc(Cl)c3)C2(Cl)Cl)ccc1Cl. The summed E-state index contributed by atoms with van der Waals surface area (Å²) < 4.78 is -1.65. The van der Waals surface area contributed by atoms with E-state index in [1.54, 1.807) is 48.5 Å². The minimum atomic E-state index is -1.65. The molecular weight excluding hydrogens is 670 g/mol. The van der Waals surface area contributed by atoms with Crippen LogP contribution in [0.4, 0.5) is 17.1 Å². The van der Waals surface area contributed by atoms with Crippen LogP contribution in [0.2, 0.25) is 15.1 Å². The Morgan fingerprint density at radius 2 is 1.59 bits per heavy atom. The molecule has 13 heteroatoms. The molecule has 2 amide bonds. The third-order valence-electron chi connectivity index (χ3n) is 7.63. The van der Waals surface area contributed by atoms with E-state index in [0.717, 1.165) is 16.8 Å². The summed E-state index contributed by atoms with van der Waals surface area (Å²) in [6.07, 6.45) is 0. The number of nitrogens with zero attached hydrogens (tertiary/aromatic N) is 1. The maximum Gasteiger partial charge on any atom is 0.269 e. The highest BCUT2D eigenvalue weighted by molar-refractivity contribution is 6.55. The third kappa shape index (κ3) is 5.80. The number of nitrogens with two attached hydrogens (primary N) is 1. The quantitative estimate of drug-likeness (QED) is 0.0922. The van der Waals surface area contributed by atoms with Gasteiger partial charge in [-0.05, 0) is 77.7 Å². The molecule has 0 radical (unpaired) electrons. The van der Waals surface area contributed by atoms with Crippen LogP contribution < -0.4 is 16.4 Å². The van der Waals surface area contributed by atoms with Gasteiger partial charge in [0.05, 0.1) is 15.5 Å². The largest absolute Gasteiger partial charge is 0.381 e. The fourth-order valence-corrected chi connectivity index (χ4v) is 7.24. The molecular formula is C31H23Cl5N4O4. The summed E-state index contributed by atoms with van der Waals surface area (Å²) in [7, 11) is 0. The maximum atomic E-state index is 13.5. The fourth-order valence-electron chi connectivity index (χ4n) is 5.40. The Morgan fingerprint density at radius 3 is 2.18 bits per heavy atom. The highest BCUT2D eigenvalue weighted by Gasteiger charge is 2.80. The maximum absolute atomic E-state index is 13.5. The van der Waals surface area contributed by atoms with Gasteiger partial charge in [-0.3, -0.25) is 19.7 Å². The van der Waals surface area contributed by atoms with Gasteiger partial charge in [-0.25, -0.2) is 0 Å². The average Bonchev–Trinajstić information content (AvgIpc) is 3.50. The Bertz CT molecular complexity index is 1800. The van der Waals surface area contributed by atoms with Gasteiger partial charge in [-0.1, -0.05) is 76.2 Å². The number of nitro groups is 1. The van der Waals surface area contributed by atoms with Crippen molar-refractivity contribution in [2.75, 3.05) is 10.6 Å². The molecule has 1 aliphatic carbocycles. The van der Waals surface area contributed by atoms with E-state index in [1.165, 1.54) is 24.3 Å². The monoisotopic (exact) mass is 690 g/mol. The number of carbonyl (C=O) groups excluding carboxylic acids is 2. The predicted molar refractivity (Wildman–Crippen MR) is 176 cm³/mol. The number of halogens is 5. The lowest BCUT2D eigenvalue weighted by atomic mass is 9.88. The van der Waals surface area contributed by atoms with Gasteiger partial charge in [0, 0.05) is 46.0 Å². The summed E-state index contributed by atoms with van der Waals surface area (Å²) in [5.74, 6) is -2.11. The van der Waals surface area contributed by atoms with E-state index < -0.39 is 32.4 Å². The van der Waals surface area contributed by atoms with E-state index >= 15 is 0 Å². The molecule has 0 spiro atoms. The second kappa shape index (κ2) is 12.1. The van der Waals surface area contributed by atoms with Crippen LogP contribution in [0.25, 0.3) is 0 Å². The lowest BCUT2D eigenvalue weighted by Gasteiger charge is -2.18. The number of rotatable bonds is 9. The Hall–Kier alpha value is -3.53. The Kier molecular flexibility index (Phi) is 8.77. The Labute approximate surface area is 277 Å². The molecule has 0 aliphatic heterocycles. The van der Waals surface area contributed by atoms with E-state index in [4.69, 9.17) is 63.7 Å². The summed E-state index contributed by atoms with van der Waals surface area (Å²) in [6.45, 7) is 2.27. The van der Waals surface area contributed by atoms with E-state index in [9.17, 15) is 19.7 Å². The van der Waals surface area contributed by atoms with Crippen LogP contribution in [-0.4, -0.2) is 21.1 Å². The summed E-state index contributed by atoms with van der Waals surface area (Å²) in [5, 5.41) is 17.8. The minimum Gasteiger partial charge on any atom is -0.381 e. The first-order valence-electron chi connectivity index (χ1n) is 13.1. The van der Waals surface area contributed by atoms with Gasteiger partial charge in [0.2, 0.25) is 5.91 Å². The first kappa shape index (κ1) is 31.9. The van der Waals surface area contributed by atoms with Gasteiger partial charge >= 0.3 is 0 Å². The summed E-state index contributed by atoms with van der Waals surface area (Å²) in [6, 6.07) is 20.9. The Balaban J connectivity index is 1.37. The molecule has 1 saturated carbocycles. The zero-order chi connectivity index (χ0) is 32.0. The number of anilines is 2. The van der Waals surface area contributed by atoms with Crippen molar-refractivity contribution in [3.63, 3.8) is 0 Å². The average molecular weight is 693 g/mol. The van der Waals surface area contributed by atoms with Crippen LogP contribution in [0.1, 0.15) is 38.5 Å². The topological polar surface area (TPSA) is 127 Å². The number of aryl methyl sites for hydroxylation is 1. The number of nitro benzene ring substituents is 1. The standard InChI is InChI=1S/C31H23Cl5N4O4/c1-16-10-22(38-15-17-2-6-23(7-3-17)40(43)44)5-9-26(16)39-28(41)24-13-19(4-8-25(24)34)30(29(37)42)27(31(30,35)36)18-11-20(32)14-21(33)12-18/h2-14,27,38H,15H2,1H3,(H2,37,42)(H,39,41). The fraction of sp³-hybridized carbons (Fsp3) is 0.161. The van der Waals surface area contributed by atoms with E-state index in [-0.39, 0.29) is 16.3 Å². The van der Waals surface area contributed by atoms with Crippen LogP contribution in [0.5, 0.6) is 0 Å². The van der Waals surface area contributed by atoms with E-state index in [0.29, 0.717) is 33.4 Å². The smallest absolute Gasteiger partial charge is 0.269 e. The van der Waals surface area contributed by atoms with Gasteiger partial charge in [-0.2, -0.15) is 0 Å². The lowest BCUT2D eigenvalue weighted by Crippen LogP contribution is -2.34. The molecule has 44 heavy (non-hydrogen) atoms. The number of hydrogen-bond acceptors (Lipinski definition) is 5. The molecule has 4 aromatic rings. The molecule has 0 heterocycles. The number of carbonyl (C=O) groups is 2. The molecule has 0 bridgehead atoms. The first-order valence-corrected chi connectivity index (χ1v) is 15.0. The zero-order valence-electron chi connectivity index (χ0n) is 22.8. The van der Waals surface area contributed by atoms with Crippen molar-refractivity contribution in [1.29, 1.82) is 0 Å². The van der Waals surface area contributed by atoms with Crippen LogP contribution in [-0.2, 0) is 16.8 Å². The van der Waals surface area contributed by atoms with E-state index in [1.807, 2.05) is 13.0 Å². The Morgan fingerprint density at radius 1 is 0.932 bits per heavy atom. The number of primary amides is 1. The molecule has 2 atom stereocenters. The normalized spacial score (nSPS) is 18.4. The van der Waals surface area contributed by atoms with Crippen molar-refractivity contribution < 1.29 is 14.5 Å². The molecule has 4 aromatic carbocycles. The molecule has 226 valence electrons. The molecule has 2 unspecified atom stereocenters. The second-order valence-electron chi connectivity index (χ2n) is 10.4. The lowest BCUT2D eigenvalue weighted by molar-refractivity contribution is -0.384. The molecule has 8 nitrogen and oxygen atoms in total. The van der Waals surface area contributed by atoms with Gasteiger partial charge < -0.3 is 16.4 Å². The number of hydrogen-bond donors (Lipinski definition) is 3. The number of alkyl halides is 2.